The number of rotatable bonds is 1. The third-order valence-electron chi connectivity index (χ3n) is 2.40. The Hall–Kier alpha value is -0.611. The van der Waals surface area contributed by atoms with Gasteiger partial charge in [0.15, 0.2) is 0 Å². The molecule has 1 aliphatic rings. The van der Waals surface area contributed by atoms with E-state index in [0.29, 0.717) is 12.3 Å². The Bertz CT molecular complexity index is 527. The van der Waals surface area contributed by atoms with Crippen molar-refractivity contribution in [2.45, 2.75) is 23.7 Å². The first-order valence-electron chi connectivity index (χ1n) is 4.40. The number of allylic oxidation sites excluding steroid dienone is 2. The number of alkyl halides is 8. The van der Waals surface area contributed by atoms with E-state index in [1.165, 1.54) is 0 Å². The zero-order valence-electron chi connectivity index (χ0n) is 8.74. The van der Waals surface area contributed by atoms with Crippen molar-refractivity contribution in [1.29, 1.82) is 0 Å². The Morgan fingerprint density at radius 2 is 1.50 bits per heavy atom. The van der Waals surface area contributed by atoms with Gasteiger partial charge in [-0.25, -0.2) is 13.2 Å². The minimum atomic E-state index is -6.28. The molecule has 0 aromatic carbocycles. The van der Waals surface area contributed by atoms with Crippen molar-refractivity contribution in [2.75, 3.05) is 0 Å². The summed E-state index contributed by atoms with van der Waals surface area (Å²) in [6, 6.07) is 0. The average molecular weight is 501 g/mol. The first-order valence-corrected chi connectivity index (χ1v) is 5.13. The van der Waals surface area contributed by atoms with Crippen LogP contribution in [0.2, 0.25) is 0 Å². The van der Waals surface area contributed by atoms with Gasteiger partial charge >= 0.3 is 17.8 Å². The molecule has 1 radical (unpaired) electrons. The zero-order chi connectivity index (χ0) is 14.7. The molecule has 1 aromatic rings. The fraction of sp³-hybridized carbons (Fsp3) is 0.500. The summed E-state index contributed by atoms with van der Waals surface area (Å²) in [6.07, 6.45) is 0.921. The Morgan fingerprint density at radius 1 is 0.950 bits per heavy atom. The normalized spacial score (nSPS) is 25.5. The molecule has 1 aliphatic carbocycles. The Morgan fingerprint density at radius 3 is 1.95 bits per heavy atom. The molecule has 115 valence electrons. The molecule has 0 saturated carbocycles. The van der Waals surface area contributed by atoms with Gasteiger partial charge in [0.05, 0.1) is 0 Å². The van der Waals surface area contributed by atoms with Crippen LogP contribution in [-0.4, -0.2) is 32.4 Å². The zero-order valence-corrected chi connectivity index (χ0v) is 11.9. The van der Waals surface area contributed by atoms with Crippen LogP contribution < -0.4 is 0 Å². The van der Waals surface area contributed by atoms with Crippen molar-refractivity contribution in [1.82, 2.24) is 8.75 Å². The fourth-order valence-corrected chi connectivity index (χ4v) is 1.79. The molecule has 2 nitrogen and oxygen atoms in total. The predicted molar refractivity (Wildman–Crippen MR) is 46.3 cm³/mol. The van der Waals surface area contributed by atoms with Crippen LogP contribution in [0.15, 0.2) is 6.20 Å². The molecule has 0 saturated heterocycles. The summed E-state index contributed by atoms with van der Waals surface area (Å²) < 4.78 is 110. The summed E-state index contributed by atoms with van der Waals surface area (Å²) in [5.74, 6) is -23.7. The van der Waals surface area contributed by atoms with E-state index in [-0.39, 0.29) is 31.8 Å². The van der Waals surface area contributed by atoms with Gasteiger partial charge in [0.1, 0.15) is 0 Å². The van der Waals surface area contributed by atoms with Crippen LogP contribution >= 0.6 is 11.7 Å². The minimum Gasteiger partial charge on any atom is -0.272 e. The van der Waals surface area contributed by atoms with Crippen LogP contribution in [0.1, 0.15) is 5.69 Å². The predicted octanol–water partition coefficient (Wildman–Crippen LogP) is 3.28. The molecule has 0 spiro atoms. The minimum absolute atomic E-state index is 0. The summed E-state index contributed by atoms with van der Waals surface area (Å²) in [5.41, 5.74) is -3.15. The van der Waals surface area contributed by atoms with Crippen LogP contribution in [0, 0.1) is 6.08 Å². The molecule has 1 aromatic heterocycles. The quantitative estimate of drug-likeness (QED) is 0.436. The maximum Gasteiger partial charge on any atom is 0.378 e. The first-order chi connectivity index (χ1) is 8.45. The average Bonchev–Trinajstić information content (AvgIpc) is 2.76. The van der Waals surface area contributed by atoms with E-state index in [2.05, 4.69) is 8.75 Å². The smallest absolute Gasteiger partial charge is 0.272 e. The summed E-state index contributed by atoms with van der Waals surface area (Å²) in [6.45, 7) is 0. The van der Waals surface area contributed by atoms with Crippen molar-refractivity contribution in [2.24, 2.45) is 0 Å². The molecular formula is C8HF8IrN2S-. The molecule has 0 N–H and O–H groups in total. The van der Waals surface area contributed by atoms with E-state index in [4.69, 9.17) is 0 Å². The van der Waals surface area contributed by atoms with Crippen molar-refractivity contribution < 1.29 is 55.2 Å². The van der Waals surface area contributed by atoms with Gasteiger partial charge in [0.2, 0.25) is 0 Å². The molecule has 0 aliphatic heterocycles. The van der Waals surface area contributed by atoms with E-state index in [9.17, 15) is 35.1 Å². The Kier molecular flexibility index (Phi) is 4.10. The molecule has 0 amide bonds. The van der Waals surface area contributed by atoms with Crippen molar-refractivity contribution in [3.8, 4) is 0 Å². The van der Waals surface area contributed by atoms with Crippen molar-refractivity contribution in [3.05, 3.63) is 18.0 Å². The van der Waals surface area contributed by atoms with E-state index in [0.717, 1.165) is 0 Å². The van der Waals surface area contributed by atoms with Gasteiger partial charge < -0.3 is 0 Å². The van der Waals surface area contributed by atoms with Gasteiger partial charge in [0.25, 0.3) is 5.92 Å². The number of aromatic nitrogens is 2. The molecule has 0 unspecified atom stereocenters. The molecular weight excluding hydrogens is 500 g/mol. The van der Waals surface area contributed by atoms with Gasteiger partial charge in [-0.1, -0.05) is 0 Å². The van der Waals surface area contributed by atoms with Crippen LogP contribution in [0.3, 0.4) is 0 Å². The number of hydrogen-bond acceptors (Lipinski definition) is 3. The number of nitrogens with zero attached hydrogens (tertiary/aromatic N) is 2. The van der Waals surface area contributed by atoms with Crippen LogP contribution in [0.5, 0.6) is 0 Å². The molecule has 20 heavy (non-hydrogen) atoms. The van der Waals surface area contributed by atoms with Gasteiger partial charge in [0, 0.05) is 31.8 Å². The molecule has 0 fully saturated rings. The maximum atomic E-state index is 13.3. The third kappa shape index (κ3) is 1.99. The van der Waals surface area contributed by atoms with Crippen LogP contribution in [-0.2, 0) is 20.1 Å². The number of hydrogen-bond donors (Lipinski definition) is 0. The Balaban J connectivity index is 0.00000200. The van der Waals surface area contributed by atoms with E-state index in [1.807, 2.05) is 0 Å². The largest absolute Gasteiger partial charge is 0.378 e. The van der Waals surface area contributed by atoms with Gasteiger partial charge in [-0.15, -0.1) is 5.57 Å². The standard InChI is InChI=1S/C8HF8N2S.Ir/c9-5(10)1-3(4-2-17-19-18-4)6(11,12)8(15,16)7(5,13)14;/h2H;/q-1;. The molecule has 2 rings (SSSR count). The van der Waals surface area contributed by atoms with E-state index < -0.39 is 35.0 Å². The summed E-state index contributed by atoms with van der Waals surface area (Å²) in [4.78, 5) is 0. The SMILES string of the molecule is FC1(F)[C-]=C(c2cnsn2)C(F)(F)C(F)(F)C1(F)F.[Ir]. The monoisotopic (exact) mass is 502 g/mol. The van der Waals surface area contributed by atoms with Gasteiger partial charge in [-0.3, -0.25) is 4.37 Å². The van der Waals surface area contributed by atoms with Crippen molar-refractivity contribution >= 4 is 17.3 Å². The second kappa shape index (κ2) is 4.70. The van der Waals surface area contributed by atoms with E-state index >= 15 is 0 Å². The summed E-state index contributed by atoms with van der Waals surface area (Å²) >= 11 is 0.263. The number of halogens is 8. The molecule has 12 heteroatoms. The van der Waals surface area contributed by atoms with Gasteiger partial charge in [-0.2, -0.15) is 32.4 Å². The topological polar surface area (TPSA) is 25.8 Å². The van der Waals surface area contributed by atoms with Crippen molar-refractivity contribution in [3.63, 3.8) is 0 Å². The molecule has 0 atom stereocenters. The van der Waals surface area contributed by atoms with E-state index in [1.54, 1.807) is 0 Å². The first kappa shape index (κ1) is 17.4. The fourth-order valence-electron chi connectivity index (χ4n) is 1.37. The second-order valence-electron chi connectivity index (χ2n) is 3.59. The van der Waals surface area contributed by atoms with Crippen LogP contribution in [0.25, 0.3) is 5.57 Å². The molecule has 0 bridgehead atoms. The summed E-state index contributed by atoms with van der Waals surface area (Å²) in [7, 11) is 0. The van der Waals surface area contributed by atoms with Gasteiger partial charge in [-0.05, 0) is 11.9 Å². The van der Waals surface area contributed by atoms with Crippen LogP contribution in [0.4, 0.5) is 35.1 Å². The molecule has 1 heterocycles. The summed E-state index contributed by atoms with van der Waals surface area (Å²) in [5, 5.41) is 0. The Labute approximate surface area is 123 Å². The third-order valence-corrected chi connectivity index (χ3v) is 2.87. The second-order valence-corrected chi connectivity index (χ2v) is 4.15. The maximum absolute atomic E-state index is 13.3.